The Bertz CT molecular complexity index is 1040. The van der Waals surface area contributed by atoms with E-state index in [9.17, 15) is 4.39 Å². The van der Waals surface area contributed by atoms with Crippen LogP contribution in [0.2, 0.25) is 5.02 Å². The summed E-state index contributed by atoms with van der Waals surface area (Å²) in [4.78, 5) is 0. The van der Waals surface area contributed by atoms with Gasteiger partial charge in [0.05, 0.1) is 6.26 Å². The molecule has 4 nitrogen and oxygen atoms in total. The molecule has 0 atom stereocenters. The summed E-state index contributed by atoms with van der Waals surface area (Å²) >= 11 is 7.51. The van der Waals surface area contributed by atoms with E-state index in [1.165, 1.54) is 17.8 Å². The lowest BCUT2D eigenvalue weighted by atomic mass is 10.2. The van der Waals surface area contributed by atoms with E-state index in [-0.39, 0.29) is 5.82 Å². The first kappa shape index (κ1) is 17.8. The molecule has 136 valence electrons. The van der Waals surface area contributed by atoms with Crippen LogP contribution >= 0.6 is 23.4 Å². The molecular weight excluding hydrogens is 385 g/mol. The molecule has 0 unspecified atom stereocenters. The Hall–Kier alpha value is -2.57. The van der Waals surface area contributed by atoms with Gasteiger partial charge in [0.2, 0.25) is 5.82 Å². The predicted octanol–water partition coefficient (Wildman–Crippen LogP) is 5.92. The SMILES string of the molecule is Cc1ccc(-n2c(SCc3c(F)cccc3Cl)nnc2-c2ccco2)cc1. The second-order valence-electron chi connectivity index (χ2n) is 5.94. The fraction of sp³-hybridized carbons (Fsp3) is 0.100. The standard InChI is InChI=1S/C20H15ClFN3OS/c1-13-7-9-14(10-8-13)25-19(18-6-3-11-26-18)23-24-20(25)27-12-15-16(21)4-2-5-17(15)22/h2-11H,12H2,1H3. The van der Waals surface area contributed by atoms with E-state index in [0.29, 0.717) is 33.1 Å². The third-order valence-electron chi connectivity index (χ3n) is 4.07. The minimum atomic E-state index is -0.331. The Labute approximate surface area is 165 Å². The van der Waals surface area contributed by atoms with Gasteiger partial charge in [-0.1, -0.05) is 47.1 Å². The van der Waals surface area contributed by atoms with Gasteiger partial charge < -0.3 is 4.42 Å². The van der Waals surface area contributed by atoms with Gasteiger partial charge in [-0.05, 0) is 43.3 Å². The molecule has 4 aromatic rings. The molecule has 0 aliphatic carbocycles. The number of halogens is 2. The number of hydrogen-bond acceptors (Lipinski definition) is 4. The van der Waals surface area contributed by atoms with Gasteiger partial charge in [-0.25, -0.2) is 4.39 Å². The zero-order valence-corrected chi connectivity index (χ0v) is 16.0. The molecule has 4 rings (SSSR count). The Morgan fingerprint density at radius 3 is 2.59 bits per heavy atom. The quantitative estimate of drug-likeness (QED) is 0.391. The van der Waals surface area contributed by atoms with Crippen LogP contribution in [0.5, 0.6) is 0 Å². The maximum absolute atomic E-state index is 14.1. The molecule has 27 heavy (non-hydrogen) atoms. The molecule has 0 aliphatic rings. The zero-order valence-electron chi connectivity index (χ0n) is 14.4. The second kappa shape index (κ2) is 7.58. The number of aromatic nitrogens is 3. The maximum atomic E-state index is 14.1. The zero-order chi connectivity index (χ0) is 18.8. The molecule has 0 bridgehead atoms. The summed E-state index contributed by atoms with van der Waals surface area (Å²) in [6.07, 6.45) is 1.59. The summed E-state index contributed by atoms with van der Waals surface area (Å²) < 4.78 is 21.5. The number of nitrogens with zero attached hydrogens (tertiary/aromatic N) is 3. The van der Waals surface area contributed by atoms with Crippen molar-refractivity contribution in [3.8, 4) is 17.3 Å². The van der Waals surface area contributed by atoms with Gasteiger partial charge in [0.1, 0.15) is 5.82 Å². The molecule has 7 heteroatoms. The molecule has 2 aromatic heterocycles. The van der Waals surface area contributed by atoms with Crippen LogP contribution in [0.25, 0.3) is 17.3 Å². The van der Waals surface area contributed by atoms with Crippen molar-refractivity contribution in [2.24, 2.45) is 0 Å². The minimum absolute atomic E-state index is 0.331. The van der Waals surface area contributed by atoms with Gasteiger partial charge >= 0.3 is 0 Å². The van der Waals surface area contributed by atoms with Crippen LogP contribution in [-0.4, -0.2) is 14.8 Å². The average molecular weight is 400 g/mol. The van der Waals surface area contributed by atoms with Crippen molar-refractivity contribution in [3.63, 3.8) is 0 Å². The van der Waals surface area contributed by atoms with Crippen molar-refractivity contribution in [2.45, 2.75) is 17.8 Å². The third kappa shape index (κ3) is 3.63. The highest BCUT2D eigenvalue weighted by Crippen LogP contribution is 2.32. The van der Waals surface area contributed by atoms with Crippen molar-refractivity contribution in [1.82, 2.24) is 14.8 Å². The molecule has 0 aliphatic heterocycles. The van der Waals surface area contributed by atoms with Crippen LogP contribution in [0, 0.1) is 12.7 Å². The van der Waals surface area contributed by atoms with Crippen LogP contribution < -0.4 is 0 Å². The minimum Gasteiger partial charge on any atom is -0.461 e. The molecule has 0 fully saturated rings. The molecule has 0 N–H and O–H groups in total. The van der Waals surface area contributed by atoms with E-state index in [1.54, 1.807) is 24.5 Å². The van der Waals surface area contributed by atoms with Gasteiger partial charge in [0.25, 0.3) is 0 Å². The monoisotopic (exact) mass is 399 g/mol. The number of furan rings is 1. The van der Waals surface area contributed by atoms with Crippen molar-refractivity contribution in [3.05, 3.63) is 82.8 Å². The highest BCUT2D eigenvalue weighted by Gasteiger charge is 2.19. The summed E-state index contributed by atoms with van der Waals surface area (Å²) in [7, 11) is 0. The predicted molar refractivity (Wildman–Crippen MR) is 105 cm³/mol. The number of thioether (sulfide) groups is 1. The fourth-order valence-electron chi connectivity index (χ4n) is 2.66. The fourth-order valence-corrected chi connectivity index (χ4v) is 3.96. The first-order valence-electron chi connectivity index (χ1n) is 8.25. The Morgan fingerprint density at radius 2 is 1.89 bits per heavy atom. The van der Waals surface area contributed by atoms with E-state index >= 15 is 0 Å². The lowest BCUT2D eigenvalue weighted by molar-refractivity contribution is 0.575. The summed E-state index contributed by atoms with van der Waals surface area (Å²) in [5.74, 6) is 1.21. The molecule has 2 aromatic carbocycles. The van der Waals surface area contributed by atoms with Gasteiger partial charge in [-0.2, -0.15) is 0 Å². The second-order valence-corrected chi connectivity index (χ2v) is 7.29. The maximum Gasteiger partial charge on any atom is 0.205 e. The molecule has 0 saturated carbocycles. The summed E-state index contributed by atoms with van der Waals surface area (Å²) in [5.41, 5.74) is 2.50. The first-order valence-corrected chi connectivity index (χ1v) is 9.62. The Kier molecular flexibility index (Phi) is 5.01. The summed E-state index contributed by atoms with van der Waals surface area (Å²) in [6, 6.07) is 16.3. The molecule has 0 spiro atoms. The largest absolute Gasteiger partial charge is 0.461 e. The third-order valence-corrected chi connectivity index (χ3v) is 5.38. The van der Waals surface area contributed by atoms with Gasteiger partial charge in [0.15, 0.2) is 10.9 Å². The van der Waals surface area contributed by atoms with Crippen LogP contribution in [0.15, 0.2) is 70.4 Å². The van der Waals surface area contributed by atoms with Crippen LogP contribution in [0.4, 0.5) is 4.39 Å². The van der Waals surface area contributed by atoms with Crippen molar-refractivity contribution in [2.75, 3.05) is 0 Å². The van der Waals surface area contributed by atoms with Crippen LogP contribution in [0.1, 0.15) is 11.1 Å². The van der Waals surface area contributed by atoms with E-state index in [4.69, 9.17) is 16.0 Å². The molecule has 0 saturated heterocycles. The highest BCUT2D eigenvalue weighted by molar-refractivity contribution is 7.98. The molecule has 0 amide bonds. The lowest BCUT2D eigenvalue weighted by Gasteiger charge is -2.10. The highest BCUT2D eigenvalue weighted by atomic mass is 35.5. The number of rotatable bonds is 5. The van der Waals surface area contributed by atoms with Gasteiger partial charge in [-0.3, -0.25) is 4.57 Å². The van der Waals surface area contributed by atoms with E-state index in [2.05, 4.69) is 10.2 Å². The van der Waals surface area contributed by atoms with Crippen molar-refractivity contribution >= 4 is 23.4 Å². The molecule has 2 heterocycles. The van der Waals surface area contributed by atoms with Gasteiger partial charge in [-0.15, -0.1) is 10.2 Å². The van der Waals surface area contributed by atoms with E-state index in [0.717, 1.165) is 11.3 Å². The number of hydrogen-bond donors (Lipinski definition) is 0. The van der Waals surface area contributed by atoms with Crippen molar-refractivity contribution in [1.29, 1.82) is 0 Å². The summed E-state index contributed by atoms with van der Waals surface area (Å²) in [6.45, 7) is 2.03. The summed E-state index contributed by atoms with van der Waals surface area (Å²) in [5, 5.41) is 9.61. The van der Waals surface area contributed by atoms with Crippen molar-refractivity contribution < 1.29 is 8.81 Å². The normalized spacial score (nSPS) is 11.1. The Morgan fingerprint density at radius 1 is 1.07 bits per heavy atom. The smallest absolute Gasteiger partial charge is 0.205 e. The number of benzene rings is 2. The molecular formula is C20H15ClFN3OS. The topological polar surface area (TPSA) is 43.9 Å². The van der Waals surface area contributed by atoms with E-state index in [1.807, 2.05) is 41.8 Å². The van der Waals surface area contributed by atoms with E-state index < -0.39 is 0 Å². The lowest BCUT2D eigenvalue weighted by Crippen LogP contribution is -2.00. The van der Waals surface area contributed by atoms with Crippen LogP contribution in [-0.2, 0) is 5.75 Å². The average Bonchev–Trinajstić information content (AvgIpc) is 3.31. The van der Waals surface area contributed by atoms with Gasteiger partial charge in [0, 0.05) is 22.0 Å². The Balaban J connectivity index is 1.73. The van der Waals surface area contributed by atoms with Crippen LogP contribution in [0.3, 0.4) is 0 Å². The first-order chi connectivity index (χ1) is 13.1. The number of aryl methyl sites for hydroxylation is 1. The molecule has 0 radical (unpaired) electrons.